The molecule has 1 heterocycles. The van der Waals surface area contributed by atoms with Gasteiger partial charge in [-0.25, -0.2) is 0 Å². The highest BCUT2D eigenvalue weighted by molar-refractivity contribution is 5.82. The maximum atomic E-state index is 12.3. The summed E-state index contributed by atoms with van der Waals surface area (Å²) in [7, 11) is 0. The molecule has 1 amide bonds. The molecule has 0 bridgehead atoms. The van der Waals surface area contributed by atoms with Crippen molar-refractivity contribution in [2.75, 3.05) is 19.7 Å². The molecule has 0 aromatic rings. The second-order valence-corrected chi connectivity index (χ2v) is 6.30. The summed E-state index contributed by atoms with van der Waals surface area (Å²) in [6.07, 6.45) is 1.85. The van der Waals surface area contributed by atoms with Crippen molar-refractivity contribution in [1.82, 2.24) is 10.2 Å². The Morgan fingerprint density at radius 3 is 2.40 bits per heavy atom. The van der Waals surface area contributed by atoms with Crippen LogP contribution in [-0.4, -0.2) is 47.2 Å². The van der Waals surface area contributed by atoms with Gasteiger partial charge in [0.2, 0.25) is 5.91 Å². The number of nitrogens with zero attached hydrogens (tertiary/aromatic N) is 2. The normalized spacial score (nSPS) is 22.1. The Kier molecular flexibility index (Phi) is 5.97. The topological polar surface area (TPSA) is 76.4 Å². The number of piperidine rings is 1. The molecule has 0 aromatic carbocycles. The summed E-state index contributed by atoms with van der Waals surface area (Å²) in [5.74, 6) is 0.329. The summed E-state index contributed by atoms with van der Waals surface area (Å²) in [4.78, 5) is 14.4. The SMILES string of the molecule is CC(C)[C@@](C)(C#N)NC(=O)[C@@H](C)N1CCC(CO)CC1. The van der Waals surface area contributed by atoms with E-state index in [0.29, 0.717) is 5.92 Å². The summed E-state index contributed by atoms with van der Waals surface area (Å²) < 4.78 is 0. The third-order valence-electron chi connectivity index (χ3n) is 4.60. The van der Waals surface area contributed by atoms with E-state index in [-0.39, 0.29) is 24.5 Å². The summed E-state index contributed by atoms with van der Waals surface area (Å²) in [5, 5.41) is 21.3. The van der Waals surface area contributed by atoms with Crippen molar-refractivity contribution in [2.24, 2.45) is 11.8 Å². The van der Waals surface area contributed by atoms with Crippen molar-refractivity contribution in [3.63, 3.8) is 0 Å². The highest BCUT2D eigenvalue weighted by atomic mass is 16.3. The van der Waals surface area contributed by atoms with Gasteiger partial charge in [0.1, 0.15) is 5.54 Å². The van der Waals surface area contributed by atoms with Crippen LogP contribution in [0.1, 0.15) is 40.5 Å². The summed E-state index contributed by atoms with van der Waals surface area (Å²) in [6.45, 7) is 9.39. The zero-order chi connectivity index (χ0) is 15.3. The van der Waals surface area contributed by atoms with E-state index in [9.17, 15) is 10.1 Å². The molecule has 0 spiro atoms. The third-order valence-corrected chi connectivity index (χ3v) is 4.60. The predicted octanol–water partition coefficient (Wildman–Crippen LogP) is 1.13. The largest absolute Gasteiger partial charge is 0.396 e. The van der Waals surface area contributed by atoms with E-state index in [1.165, 1.54) is 0 Å². The van der Waals surface area contributed by atoms with Crippen molar-refractivity contribution < 1.29 is 9.90 Å². The molecule has 1 aliphatic heterocycles. The molecule has 1 aliphatic rings. The van der Waals surface area contributed by atoms with E-state index in [2.05, 4.69) is 16.3 Å². The van der Waals surface area contributed by atoms with Crippen LogP contribution in [0.25, 0.3) is 0 Å². The van der Waals surface area contributed by atoms with Crippen molar-refractivity contribution in [1.29, 1.82) is 5.26 Å². The van der Waals surface area contributed by atoms with E-state index < -0.39 is 5.54 Å². The van der Waals surface area contributed by atoms with Gasteiger partial charge in [0.25, 0.3) is 0 Å². The first-order valence-electron chi connectivity index (χ1n) is 7.42. The van der Waals surface area contributed by atoms with Crippen LogP contribution in [0.3, 0.4) is 0 Å². The van der Waals surface area contributed by atoms with Gasteiger partial charge >= 0.3 is 0 Å². The first kappa shape index (κ1) is 16.9. The molecular weight excluding hydrogens is 254 g/mol. The Hall–Kier alpha value is -1.12. The molecule has 114 valence electrons. The monoisotopic (exact) mass is 281 g/mol. The second kappa shape index (κ2) is 7.05. The second-order valence-electron chi connectivity index (χ2n) is 6.30. The Morgan fingerprint density at radius 2 is 2.00 bits per heavy atom. The van der Waals surface area contributed by atoms with E-state index >= 15 is 0 Å². The number of hydrogen-bond donors (Lipinski definition) is 2. The fourth-order valence-corrected chi connectivity index (χ4v) is 2.35. The first-order valence-corrected chi connectivity index (χ1v) is 7.42. The van der Waals surface area contributed by atoms with Crippen LogP contribution < -0.4 is 5.32 Å². The number of nitrogens with one attached hydrogen (secondary N) is 1. The van der Waals surface area contributed by atoms with E-state index in [4.69, 9.17) is 5.11 Å². The lowest BCUT2D eigenvalue weighted by molar-refractivity contribution is -0.128. The van der Waals surface area contributed by atoms with Crippen LogP contribution in [0.2, 0.25) is 0 Å². The summed E-state index contributed by atoms with van der Waals surface area (Å²) >= 11 is 0. The molecule has 0 aromatic heterocycles. The molecular formula is C15H27N3O2. The molecule has 0 aliphatic carbocycles. The van der Waals surface area contributed by atoms with Crippen molar-refractivity contribution in [3.05, 3.63) is 0 Å². The highest BCUT2D eigenvalue weighted by Gasteiger charge is 2.34. The number of likely N-dealkylation sites (tertiary alicyclic amines) is 1. The number of aliphatic hydroxyl groups excluding tert-OH is 1. The number of carbonyl (C=O) groups excluding carboxylic acids is 1. The minimum atomic E-state index is -0.825. The molecule has 0 saturated carbocycles. The first-order chi connectivity index (χ1) is 9.34. The lowest BCUT2D eigenvalue weighted by atomic mass is 9.89. The molecule has 2 N–H and O–H groups in total. The van der Waals surface area contributed by atoms with Gasteiger partial charge in [-0.3, -0.25) is 9.69 Å². The zero-order valence-electron chi connectivity index (χ0n) is 13.0. The Morgan fingerprint density at radius 1 is 1.45 bits per heavy atom. The molecule has 1 rings (SSSR count). The van der Waals surface area contributed by atoms with Crippen LogP contribution >= 0.6 is 0 Å². The van der Waals surface area contributed by atoms with Crippen LogP contribution in [0.4, 0.5) is 0 Å². The standard InChI is InChI=1S/C15H27N3O2/c1-11(2)15(4,10-16)17-14(20)12(3)18-7-5-13(9-19)6-8-18/h11-13,19H,5-9H2,1-4H3,(H,17,20)/t12-,15-/m1/s1. The average Bonchev–Trinajstić information content (AvgIpc) is 2.46. The quantitative estimate of drug-likeness (QED) is 0.792. The summed E-state index contributed by atoms with van der Waals surface area (Å²) in [5.41, 5.74) is -0.825. The Balaban J connectivity index is 2.58. The zero-order valence-corrected chi connectivity index (χ0v) is 13.0. The maximum absolute atomic E-state index is 12.3. The fourth-order valence-electron chi connectivity index (χ4n) is 2.35. The molecule has 0 unspecified atom stereocenters. The minimum absolute atomic E-state index is 0.0591. The molecule has 5 nitrogen and oxygen atoms in total. The minimum Gasteiger partial charge on any atom is -0.396 e. The van der Waals surface area contributed by atoms with Crippen LogP contribution in [0, 0.1) is 23.2 Å². The van der Waals surface area contributed by atoms with Gasteiger partial charge < -0.3 is 10.4 Å². The van der Waals surface area contributed by atoms with E-state index in [0.717, 1.165) is 25.9 Å². The molecule has 0 radical (unpaired) electrons. The van der Waals surface area contributed by atoms with Gasteiger partial charge in [-0.2, -0.15) is 5.26 Å². The lowest BCUT2D eigenvalue weighted by Crippen LogP contribution is -2.56. The summed E-state index contributed by atoms with van der Waals surface area (Å²) in [6, 6.07) is 1.96. The smallest absolute Gasteiger partial charge is 0.238 e. The van der Waals surface area contributed by atoms with E-state index in [1.54, 1.807) is 6.92 Å². The molecule has 1 saturated heterocycles. The molecule has 20 heavy (non-hydrogen) atoms. The van der Waals surface area contributed by atoms with Crippen LogP contribution in [-0.2, 0) is 4.79 Å². The number of amides is 1. The third kappa shape index (κ3) is 3.94. The van der Waals surface area contributed by atoms with Crippen LogP contribution in [0.5, 0.6) is 0 Å². The average molecular weight is 281 g/mol. The number of aliphatic hydroxyl groups is 1. The number of hydrogen-bond acceptors (Lipinski definition) is 4. The highest BCUT2D eigenvalue weighted by Crippen LogP contribution is 2.20. The van der Waals surface area contributed by atoms with Gasteiger partial charge in [-0.1, -0.05) is 13.8 Å². The lowest BCUT2D eigenvalue weighted by Gasteiger charge is -2.36. The predicted molar refractivity (Wildman–Crippen MR) is 77.8 cm³/mol. The fraction of sp³-hybridized carbons (Fsp3) is 0.867. The molecule has 1 fully saturated rings. The van der Waals surface area contributed by atoms with Gasteiger partial charge in [-0.05, 0) is 51.6 Å². The van der Waals surface area contributed by atoms with Gasteiger partial charge in [0, 0.05) is 6.61 Å². The van der Waals surface area contributed by atoms with Crippen molar-refractivity contribution >= 4 is 5.91 Å². The molecule has 2 atom stereocenters. The van der Waals surface area contributed by atoms with Gasteiger partial charge in [0.05, 0.1) is 12.1 Å². The van der Waals surface area contributed by atoms with Gasteiger partial charge in [0.15, 0.2) is 0 Å². The number of nitriles is 1. The van der Waals surface area contributed by atoms with Gasteiger partial charge in [-0.15, -0.1) is 0 Å². The van der Waals surface area contributed by atoms with Crippen molar-refractivity contribution in [3.8, 4) is 6.07 Å². The molecule has 5 heteroatoms. The number of carbonyl (C=O) groups is 1. The van der Waals surface area contributed by atoms with Crippen LogP contribution in [0.15, 0.2) is 0 Å². The van der Waals surface area contributed by atoms with Crippen molar-refractivity contribution in [2.45, 2.75) is 52.1 Å². The van der Waals surface area contributed by atoms with E-state index in [1.807, 2.05) is 20.8 Å². The Bertz CT molecular complexity index is 370. The maximum Gasteiger partial charge on any atom is 0.238 e. The Labute approximate surface area is 122 Å². The number of rotatable bonds is 5.